The van der Waals surface area contributed by atoms with Crippen LogP contribution in [0.5, 0.6) is 0 Å². The third kappa shape index (κ3) is 3.23. The molecule has 0 rings (SSSR count). The van der Waals surface area contributed by atoms with Gasteiger partial charge in [-0.3, -0.25) is 4.79 Å². The molecule has 13 heavy (non-hydrogen) atoms. The number of nitrogens with zero attached hydrogens (tertiary/aromatic N) is 1. The number of nitrogens with one attached hydrogen (secondary N) is 1. The van der Waals surface area contributed by atoms with E-state index in [-0.39, 0.29) is 11.0 Å². The summed E-state index contributed by atoms with van der Waals surface area (Å²) in [6.45, 7) is 3.24. The van der Waals surface area contributed by atoms with E-state index in [4.69, 9.17) is 5.21 Å². The molecule has 0 fully saturated rings. The van der Waals surface area contributed by atoms with Crippen molar-refractivity contribution in [2.75, 3.05) is 12.8 Å². The van der Waals surface area contributed by atoms with Crippen LogP contribution in [0.15, 0.2) is 5.16 Å². The normalized spacial score (nSPS) is 16.5. The van der Waals surface area contributed by atoms with E-state index >= 15 is 0 Å². The number of hydrogen-bond acceptors (Lipinski definition) is 4. The zero-order valence-electron chi connectivity index (χ0n) is 7.90. The number of rotatable bonds is 3. The lowest BCUT2D eigenvalue weighted by atomic mass is 10.2. The van der Waals surface area contributed by atoms with Crippen LogP contribution < -0.4 is 5.32 Å². The average molecular weight is 206 g/mol. The van der Waals surface area contributed by atoms with Gasteiger partial charge in [-0.25, -0.2) is 0 Å². The molecule has 0 aromatic rings. The summed E-state index contributed by atoms with van der Waals surface area (Å²) in [5.74, 6) is -0.633. The van der Waals surface area contributed by atoms with E-state index in [1.54, 1.807) is 13.8 Å². The third-order valence-corrected chi connectivity index (χ3v) is 3.03. The van der Waals surface area contributed by atoms with Crippen LogP contribution in [0.1, 0.15) is 13.8 Å². The van der Waals surface area contributed by atoms with Crippen LogP contribution >= 0.6 is 0 Å². The van der Waals surface area contributed by atoms with Gasteiger partial charge in [-0.05, 0) is 19.0 Å². The van der Waals surface area contributed by atoms with Crippen molar-refractivity contribution in [2.45, 2.75) is 13.8 Å². The number of carbonyl (C=O) groups excluding carboxylic acids is 1. The van der Waals surface area contributed by atoms with Gasteiger partial charge >= 0.3 is 0 Å². The lowest BCUT2D eigenvalue weighted by molar-refractivity contribution is -0.122. The van der Waals surface area contributed by atoms with Crippen molar-refractivity contribution in [3.8, 4) is 0 Å². The van der Waals surface area contributed by atoms with E-state index in [1.807, 2.05) is 0 Å². The highest BCUT2D eigenvalue weighted by Gasteiger charge is 2.28. The lowest BCUT2D eigenvalue weighted by Crippen LogP contribution is -2.35. The Kier molecular flexibility index (Phi) is 5.48. The first-order valence-corrected chi connectivity index (χ1v) is 5.22. The van der Waals surface area contributed by atoms with Gasteiger partial charge < -0.3 is 15.1 Å². The van der Waals surface area contributed by atoms with Gasteiger partial charge in [-0.15, -0.1) is 0 Å². The second-order valence-electron chi connectivity index (χ2n) is 2.41. The smallest absolute Gasteiger partial charge is 0.266 e. The topological polar surface area (TPSA) is 84.8 Å². The quantitative estimate of drug-likeness (QED) is 0.223. The van der Waals surface area contributed by atoms with Gasteiger partial charge in [-0.1, -0.05) is 0 Å². The Balaban J connectivity index is 4.51. The fourth-order valence-corrected chi connectivity index (χ4v) is 1.69. The van der Waals surface area contributed by atoms with E-state index in [9.17, 15) is 9.35 Å². The Hall–Kier alpha value is -0.750. The minimum atomic E-state index is -1.38. The minimum absolute atomic E-state index is 0.0156. The Morgan fingerprint density at radius 2 is 2.31 bits per heavy atom. The van der Waals surface area contributed by atoms with Crippen molar-refractivity contribution in [3.05, 3.63) is 0 Å². The van der Waals surface area contributed by atoms with Crippen LogP contribution in [-0.4, -0.2) is 33.5 Å². The first kappa shape index (κ1) is 12.2. The molecule has 2 unspecified atom stereocenters. The van der Waals surface area contributed by atoms with Crippen molar-refractivity contribution >= 4 is 22.1 Å². The van der Waals surface area contributed by atoms with Crippen molar-refractivity contribution in [3.63, 3.8) is 0 Å². The summed E-state index contributed by atoms with van der Waals surface area (Å²) in [5, 5.41) is 13.8. The minimum Gasteiger partial charge on any atom is -0.610 e. The molecule has 1 amide bonds. The average Bonchev–Trinajstić information content (AvgIpc) is 2.17. The molecule has 6 heteroatoms. The summed E-state index contributed by atoms with van der Waals surface area (Å²) in [5.41, 5.74) is 0. The maximum Gasteiger partial charge on any atom is 0.266 e. The van der Waals surface area contributed by atoms with E-state index < -0.39 is 17.1 Å². The first-order valence-electron chi connectivity index (χ1n) is 3.90. The predicted molar refractivity (Wildman–Crippen MR) is 51.1 cm³/mol. The molecule has 0 saturated carbocycles. The van der Waals surface area contributed by atoms with Crippen LogP contribution in [0.25, 0.3) is 0 Å². The largest absolute Gasteiger partial charge is 0.610 e. The zero-order valence-corrected chi connectivity index (χ0v) is 8.72. The van der Waals surface area contributed by atoms with Crippen molar-refractivity contribution in [1.29, 1.82) is 0 Å². The van der Waals surface area contributed by atoms with Crippen LogP contribution in [-0.2, 0) is 16.0 Å². The number of carbonyl (C=O) groups is 1. The van der Waals surface area contributed by atoms with E-state index in [0.29, 0.717) is 5.75 Å². The highest BCUT2D eigenvalue weighted by Crippen LogP contribution is 2.07. The molecule has 76 valence electrons. The van der Waals surface area contributed by atoms with Crippen LogP contribution in [0.2, 0.25) is 0 Å². The highest BCUT2D eigenvalue weighted by atomic mass is 32.2. The van der Waals surface area contributed by atoms with Gasteiger partial charge in [0, 0.05) is 18.2 Å². The van der Waals surface area contributed by atoms with Gasteiger partial charge in [0.2, 0.25) is 5.91 Å². The van der Waals surface area contributed by atoms with Gasteiger partial charge in [0.25, 0.3) is 5.04 Å². The van der Waals surface area contributed by atoms with Gasteiger partial charge in [0.05, 0.1) is 0 Å². The number of amides is 1. The summed E-state index contributed by atoms with van der Waals surface area (Å²) < 4.78 is 11.2. The molecule has 0 aliphatic heterocycles. The molecule has 0 saturated heterocycles. The lowest BCUT2D eigenvalue weighted by Gasteiger charge is -2.13. The van der Waals surface area contributed by atoms with E-state index in [0.717, 1.165) is 0 Å². The Bertz CT molecular complexity index is 208. The summed E-state index contributed by atoms with van der Waals surface area (Å²) in [6.07, 6.45) is 0. The second-order valence-corrected chi connectivity index (χ2v) is 4.10. The molecule has 0 aliphatic rings. The molecule has 0 bridgehead atoms. The molecular weight excluding hydrogens is 192 g/mol. The molecule has 0 aromatic heterocycles. The summed E-state index contributed by atoms with van der Waals surface area (Å²) in [7, 11) is 1.47. The maximum atomic E-state index is 11.2. The van der Waals surface area contributed by atoms with Crippen molar-refractivity contribution < 1.29 is 14.6 Å². The fourth-order valence-electron chi connectivity index (χ4n) is 0.806. The Morgan fingerprint density at radius 1 is 1.77 bits per heavy atom. The number of hydrogen-bond donors (Lipinski definition) is 2. The van der Waals surface area contributed by atoms with Crippen LogP contribution in [0, 0.1) is 5.92 Å². The highest BCUT2D eigenvalue weighted by molar-refractivity contribution is 8.06. The molecule has 2 N–H and O–H groups in total. The monoisotopic (exact) mass is 206 g/mol. The van der Waals surface area contributed by atoms with Gasteiger partial charge in [0.15, 0.2) is 0 Å². The molecule has 0 radical (unpaired) electrons. The fraction of sp³-hybridized carbons (Fsp3) is 0.714. The molecule has 0 spiro atoms. The van der Waals surface area contributed by atoms with Gasteiger partial charge in [-0.2, -0.15) is 0 Å². The second kappa shape index (κ2) is 5.82. The van der Waals surface area contributed by atoms with Gasteiger partial charge in [0.1, 0.15) is 11.7 Å². The molecule has 5 nitrogen and oxygen atoms in total. The summed E-state index contributed by atoms with van der Waals surface area (Å²) in [6, 6.07) is 0. The molecule has 0 aliphatic carbocycles. The standard InChI is InChI=1S/C7H14N2O3S/c1-4-13(12)7(9-11)5(2)6(10)8-3/h5,11H,4H2,1-3H3,(H,8,10)/b9-7+. The van der Waals surface area contributed by atoms with Crippen molar-refractivity contribution in [2.24, 2.45) is 11.1 Å². The van der Waals surface area contributed by atoms with E-state index in [1.165, 1.54) is 7.05 Å². The Morgan fingerprint density at radius 3 is 2.62 bits per heavy atom. The van der Waals surface area contributed by atoms with Crippen LogP contribution in [0.3, 0.4) is 0 Å². The summed E-state index contributed by atoms with van der Waals surface area (Å²) in [4.78, 5) is 11.1. The predicted octanol–water partition coefficient (Wildman–Crippen LogP) is -0.0752. The molecule has 2 atom stereocenters. The summed E-state index contributed by atoms with van der Waals surface area (Å²) >= 11 is -1.38. The third-order valence-electron chi connectivity index (χ3n) is 1.60. The SMILES string of the molecule is CC[S+]([O-])/C(=N/O)C(C)C(=O)NC. The first-order chi connectivity index (χ1) is 6.08. The molecule has 0 heterocycles. The Labute approximate surface area is 80.4 Å². The van der Waals surface area contributed by atoms with Crippen molar-refractivity contribution in [1.82, 2.24) is 5.32 Å². The van der Waals surface area contributed by atoms with E-state index in [2.05, 4.69) is 10.5 Å². The number of oxime groups is 1. The molecular formula is C7H14N2O3S. The maximum absolute atomic E-state index is 11.2. The van der Waals surface area contributed by atoms with Crippen LogP contribution in [0.4, 0.5) is 0 Å². The molecule has 0 aromatic carbocycles. The zero-order chi connectivity index (χ0) is 10.4.